The Balaban J connectivity index is 1.59. The molecular weight excluding hydrogens is 496 g/mol. The van der Waals surface area contributed by atoms with E-state index in [1.807, 2.05) is 26.0 Å². The van der Waals surface area contributed by atoms with Gasteiger partial charge >= 0.3 is 5.97 Å². The smallest absolute Gasteiger partial charge is 0.320 e. The molecule has 0 amide bonds. The molecule has 37 heavy (non-hydrogen) atoms. The summed E-state index contributed by atoms with van der Waals surface area (Å²) in [5.74, 6) is 0.698. The molecule has 0 bridgehead atoms. The van der Waals surface area contributed by atoms with Crippen molar-refractivity contribution in [3.8, 4) is 28.3 Å². The van der Waals surface area contributed by atoms with Crippen molar-refractivity contribution >= 4 is 23.1 Å². The number of nitrogens with two attached hydrogens (primary N) is 1. The average molecular weight is 525 g/mol. The molecule has 0 aliphatic rings. The number of benzene rings is 2. The van der Waals surface area contributed by atoms with Crippen molar-refractivity contribution in [2.45, 2.75) is 26.4 Å². The number of rotatable bonds is 10. The lowest BCUT2D eigenvalue weighted by atomic mass is 10.1. The maximum absolute atomic E-state index is 13.3. The van der Waals surface area contributed by atoms with Gasteiger partial charge in [-0.2, -0.15) is 5.10 Å². The Morgan fingerprint density at radius 3 is 2.51 bits per heavy atom. The van der Waals surface area contributed by atoms with E-state index in [1.165, 1.54) is 18.0 Å². The molecule has 0 radical (unpaired) electrons. The highest BCUT2D eigenvalue weighted by atomic mass is 35.5. The van der Waals surface area contributed by atoms with Crippen LogP contribution in [0.15, 0.2) is 65.8 Å². The molecule has 9 nitrogen and oxygen atoms in total. The van der Waals surface area contributed by atoms with Gasteiger partial charge in [0, 0.05) is 22.8 Å². The second-order valence-electron chi connectivity index (χ2n) is 8.96. The molecule has 2 N–H and O–H groups in total. The number of fused-ring (bicyclic) bond motifs is 1. The van der Waals surface area contributed by atoms with Crippen molar-refractivity contribution in [3.05, 3.63) is 76.4 Å². The van der Waals surface area contributed by atoms with Gasteiger partial charge in [-0.1, -0.05) is 37.6 Å². The largest absolute Gasteiger partial charge is 0.493 e. The molecule has 4 rings (SSSR count). The lowest BCUT2D eigenvalue weighted by Gasteiger charge is -2.21. The number of ether oxygens (including phenoxy) is 3. The van der Waals surface area contributed by atoms with Gasteiger partial charge in [-0.3, -0.25) is 14.2 Å². The number of carbonyl (C=O) groups is 1. The molecule has 0 fully saturated rings. The summed E-state index contributed by atoms with van der Waals surface area (Å²) in [7, 11) is 1.52. The van der Waals surface area contributed by atoms with Gasteiger partial charge in [-0.05, 0) is 48.2 Å². The van der Waals surface area contributed by atoms with Gasteiger partial charge in [-0.25, -0.2) is 4.52 Å². The molecule has 2 heterocycles. The molecule has 2 aromatic heterocycles. The maximum Gasteiger partial charge on any atom is 0.320 e. The Morgan fingerprint density at radius 2 is 1.84 bits per heavy atom. The van der Waals surface area contributed by atoms with Gasteiger partial charge in [0.1, 0.15) is 24.6 Å². The monoisotopic (exact) mass is 524 g/mol. The van der Waals surface area contributed by atoms with E-state index in [4.69, 9.17) is 31.5 Å². The Labute approximate surface area is 219 Å². The van der Waals surface area contributed by atoms with Crippen molar-refractivity contribution < 1.29 is 19.0 Å². The Bertz CT molecular complexity index is 1450. The van der Waals surface area contributed by atoms with E-state index in [0.717, 1.165) is 11.1 Å². The van der Waals surface area contributed by atoms with E-state index in [2.05, 4.69) is 5.10 Å². The van der Waals surface area contributed by atoms with Gasteiger partial charge in [0.25, 0.3) is 5.56 Å². The summed E-state index contributed by atoms with van der Waals surface area (Å²) in [6.45, 7) is 4.02. The zero-order valence-electron chi connectivity index (χ0n) is 20.9. The van der Waals surface area contributed by atoms with Gasteiger partial charge in [-0.15, -0.1) is 0 Å². The van der Waals surface area contributed by atoms with E-state index in [9.17, 15) is 9.59 Å². The molecule has 0 aliphatic carbocycles. The molecule has 10 heteroatoms. The lowest BCUT2D eigenvalue weighted by molar-refractivity contribution is -0.149. The minimum atomic E-state index is -0.483. The van der Waals surface area contributed by atoms with E-state index in [0.29, 0.717) is 40.1 Å². The predicted molar refractivity (Wildman–Crippen MR) is 142 cm³/mol. The molecule has 0 aliphatic heterocycles. The zero-order chi connectivity index (χ0) is 26.5. The minimum Gasteiger partial charge on any atom is -0.493 e. The Morgan fingerprint density at radius 1 is 1.08 bits per heavy atom. The number of hydrogen-bond acceptors (Lipinski definition) is 7. The summed E-state index contributed by atoms with van der Waals surface area (Å²) >= 11 is 5.99. The third-order valence-corrected chi connectivity index (χ3v) is 6.01. The second-order valence-corrected chi connectivity index (χ2v) is 9.40. The molecule has 4 aromatic rings. The summed E-state index contributed by atoms with van der Waals surface area (Å²) in [6.07, 6.45) is 3.44. The van der Waals surface area contributed by atoms with Crippen molar-refractivity contribution in [1.82, 2.24) is 14.2 Å². The molecule has 0 spiro atoms. The van der Waals surface area contributed by atoms with Crippen LogP contribution in [0.4, 0.5) is 0 Å². The number of esters is 1. The summed E-state index contributed by atoms with van der Waals surface area (Å²) in [4.78, 5) is 25.0. The van der Waals surface area contributed by atoms with E-state index in [-0.39, 0.29) is 18.7 Å². The van der Waals surface area contributed by atoms with Crippen molar-refractivity contribution in [2.24, 2.45) is 11.7 Å². The predicted octanol–water partition coefficient (Wildman–Crippen LogP) is 4.11. The SMILES string of the molecule is COc1cc(-n2cnn3cc(-c4ccc(Cl)cc4)cc3c2=O)ccc1OCC(CC(C)C)OC(=O)CN. The number of hydrogen-bond donors (Lipinski definition) is 1. The van der Waals surface area contributed by atoms with Crippen molar-refractivity contribution in [2.75, 3.05) is 20.3 Å². The van der Waals surface area contributed by atoms with Gasteiger partial charge in [0.2, 0.25) is 0 Å². The van der Waals surface area contributed by atoms with Crippen LogP contribution < -0.4 is 20.8 Å². The molecule has 1 unspecified atom stereocenters. The quantitative estimate of drug-likeness (QED) is 0.311. The summed E-state index contributed by atoms with van der Waals surface area (Å²) in [5, 5.41) is 5.05. The van der Waals surface area contributed by atoms with Gasteiger partial charge in [0.05, 0.1) is 19.3 Å². The third-order valence-electron chi connectivity index (χ3n) is 5.76. The Hall–Kier alpha value is -3.82. The second kappa shape index (κ2) is 11.5. The number of aromatic nitrogens is 3. The first kappa shape index (κ1) is 26.2. The average Bonchev–Trinajstić information content (AvgIpc) is 3.33. The van der Waals surface area contributed by atoms with Crippen LogP contribution in [0.5, 0.6) is 11.5 Å². The van der Waals surface area contributed by atoms with Crippen LogP contribution in [-0.2, 0) is 9.53 Å². The van der Waals surface area contributed by atoms with Crippen LogP contribution in [0.3, 0.4) is 0 Å². The fourth-order valence-corrected chi connectivity index (χ4v) is 4.12. The van der Waals surface area contributed by atoms with Crippen LogP contribution >= 0.6 is 11.6 Å². The van der Waals surface area contributed by atoms with Crippen LogP contribution in [0.1, 0.15) is 20.3 Å². The first-order chi connectivity index (χ1) is 17.8. The fraction of sp³-hybridized carbons (Fsp3) is 0.296. The first-order valence-corrected chi connectivity index (χ1v) is 12.2. The molecule has 0 saturated heterocycles. The normalized spacial score (nSPS) is 12.1. The van der Waals surface area contributed by atoms with Crippen LogP contribution in [0, 0.1) is 5.92 Å². The summed E-state index contributed by atoms with van der Waals surface area (Å²) in [5.41, 5.74) is 7.91. The first-order valence-electron chi connectivity index (χ1n) is 11.9. The van der Waals surface area contributed by atoms with Crippen molar-refractivity contribution in [1.29, 1.82) is 0 Å². The van der Waals surface area contributed by atoms with Gasteiger partial charge in [0.15, 0.2) is 11.5 Å². The Kier molecular flexibility index (Phi) is 8.15. The van der Waals surface area contributed by atoms with E-state index < -0.39 is 12.1 Å². The standard InChI is InChI=1S/C27H29ClN4O5/c1-17(2)10-22(37-26(33)13-29)15-36-24-9-8-21(12-25(24)35-3)31-16-30-32-14-19(11-23(32)27(31)34)18-4-6-20(28)7-5-18/h4-9,11-12,14,16-17,22H,10,13,15,29H2,1-3H3. The van der Waals surface area contributed by atoms with Crippen LogP contribution in [-0.4, -0.2) is 46.5 Å². The molecule has 194 valence electrons. The zero-order valence-corrected chi connectivity index (χ0v) is 21.6. The number of halogens is 1. The number of carbonyl (C=O) groups excluding carboxylic acids is 1. The summed E-state index contributed by atoms with van der Waals surface area (Å²) in [6, 6.07) is 14.3. The lowest BCUT2D eigenvalue weighted by Crippen LogP contribution is -2.30. The van der Waals surface area contributed by atoms with Gasteiger partial charge < -0.3 is 19.9 Å². The van der Waals surface area contributed by atoms with Crippen LogP contribution in [0.25, 0.3) is 22.3 Å². The topological polar surface area (TPSA) is 110 Å². The molecular formula is C27H29ClN4O5. The maximum atomic E-state index is 13.3. The van der Waals surface area contributed by atoms with Crippen LogP contribution in [0.2, 0.25) is 5.02 Å². The third kappa shape index (κ3) is 6.12. The highest BCUT2D eigenvalue weighted by Crippen LogP contribution is 2.30. The number of nitrogens with zero attached hydrogens (tertiary/aromatic N) is 3. The minimum absolute atomic E-state index is 0.144. The van der Waals surface area contributed by atoms with E-state index >= 15 is 0 Å². The highest BCUT2D eigenvalue weighted by molar-refractivity contribution is 6.30. The number of methoxy groups -OCH3 is 1. The van der Waals surface area contributed by atoms with E-state index in [1.54, 1.807) is 47.1 Å². The highest BCUT2D eigenvalue weighted by Gasteiger charge is 2.18. The molecule has 1 atom stereocenters. The van der Waals surface area contributed by atoms with Crippen molar-refractivity contribution in [3.63, 3.8) is 0 Å². The fourth-order valence-electron chi connectivity index (χ4n) is 3.99. The molecule has 2 aromatic carbocycles. The molecule has 0 saturated carbocycles. The summed E-state index contributed by atoms with van der Waals surface area (Å²) < 4.78 is 19.8.